The number of halogens is 1. The predicted molar refractivity (Wildman–Crippen MR) is 78.1 cm³/mol. The van der Waals surface area contributed by atoms with Gasteiger partial charge in [0.2, 0.25) is 0 Å². The number of hydrogen-bond donors (Lipinski definition) is 2. The van der Waals surface area contributed by atoms with Crippen molar-refractivity contribution in [2.75, 3.05) is 11.9 Å². The van der Waals surface area contributed by atoms with Crippen molar-refractivity contribution in [3.05, 3.63) is 30.1 Å². The highest BCUT2D eigenvalue weighted by Crippen LogP contribution is 2.20. The summed E-state index contributed by atoms with van der Waals surface area (Å²) in [6.45, 7) is 2.26. The molecule has 1 aromatic carbocycles. The molecular formula is C15H20FN3O. The van der Waals surface area contributed by atoms with Gasteiger partial charge in [0.1, 0.15) is 5.82 Å². The molecule has 0 aliphatic heterocycles. The monoisotopic (exact) mass is 277 g/mol. The van der Waals surface area contributed by atoms with Crippen LogP contribution in [0.25, 0.3) is 0 Å². The van der Waals surface area contributed by atoms with Gasteiger partial charge in [-0.1, -0.05) is 13.3 Å². The number of carbonyl (C=O) groups is 1. The Kier molecular flexibility index (Phi) is 5.09. The summed E-state index contributed by atoms with van der Waals surface area (Å²) in [5, 5.41) is 7.13. The molecule has 0 aromatic heterocycles. The van der Waals surface area contributed by atoms with Crippen molar-refractivity contribution in [1.82, 2.24) is 5.43 Å². The lowest BCUT2D eigenvalue weighted by atomic mass is 9.89. The summed E-state index contributed by atoms with van der Waals surface area (Å²) in [5.74, 6) is -0.0357. The van der Waals surface area contributed by atoms with E-state index < -0.39 is 0 Å². The molecule has 20 heavy (non-hydrogen) atoms. The first kappa shape index (κ1) is 14.5. The Hall–Kier alpha value is -1.91. The SMILES string of the molecule is C[C@@H]1CCCC/C1=N\NC(=O)CNc1ccc(F)cc1. The van der Waals surface area contributed by atoms with Gasteiger partial charge in [-0.2, -0.15) is 5.10 Å². The molecular weight excluding hydrogens is 257 g/mol. The Morgan fingerprint density at radius 3 is 2.80 bits per heavy atom. The van der Waals surface area contributed by atoms with E-state index in [1.807, 2.05) is 0 Å². The molecule has 2 N–H and O–H groups in total. The normalized spacial score (nSPS) is 20.7. The van der Waals surface area contributed by atoms with Crippen molar-refractivity contribution < 1.29 is 9.18 Å². The van der Waals surface area contributed by atoms with Crippen LogP contribution in [0.4, 0.5) is 10.1 Å². The van der Waals surface area contributed by atoms with Crippen LogP contribution in [0.5, 0.6) is 0 Å². The molecule has 0 heterocycles. The van der Waals surface area contributed by atoms with Gasteiger partial charge in [0.25, 0.3) is 5.91 Å². The number of benzene rings is 1. The standard InChI is InChI=1S/C15H20FN3O/c1-11-4-2-3-5-14(11)18-19-15(20)10-17-13-8-6-12(16)7-9-13/h6-9,11,17H,2-5,10H2,1H3,(H,19,20)/b18-14+/t11-/m1/s1. The molecule has 1 fully saturated rings. The van der Waals surface area contributed by atoms with Crippen molar-refractivity contribution in [2.24, 2.45) is 11.0 Å². The molecule has 0 saturated heterocycles. The van der Waals surface area contributed by atoms with Crippen LogP contribution in [0.3, 0.4) is 0 Å². The highest BCUT2D eigenvalue weighted by molar-refractivity contribution is 5.89. The summed E-state index contributed by atoms with van der Waals surface area (Å²) >= 11 is 0. The van der Waals surface area contributed by atoms with Gasteiger partial charge in [0.15, 0.2) is 0 Å². The molecule has 0 bridgehead atoms. The lowest BCUT2D eigenvalue weighted by Gasteiger charge is -2.19. The summed E-state index contributed by atoms with van der Waals surface area (Å²) in [4.78, 5) is 11.7. The minimum absolute atomic E-state index is 0.122. The number of hydrogen-bond acceptors (Lipinski definition) is 3. The molecule has 0 spiro atoms. The van der Waals surface area contributed by atoms with Gasteiger partial charge in [-0.3, -0.25) is 4.79 Å². The molecule has 1 amide bonds. The third kappa shape index (κ3) is 4.33. The van der Waals surface area contributed by atoms with E-state index in [0.29, 0.717) is 11.6 Å². The fraction of sp³-hybridized carbons (Fsp3) is 0.467. The van der Waals surface area contributed by atoms with Crippen LogP contribution in [-0.2, 0) is 4.79 Å². The maximum atomic E-state index is 12.7. The Labute approximate surface area is 118 Å². The van der Waals surface area contributed by atoms with E-state index in [-0.39, 0.29) is 18.3 Å². The van der Waals surface area contributed by atoms with E-state index in [0.717, 1.165) is 25.0 Å². The summed E-state index contributed by atoms with van der Waals surface area (Å²) in [6.07, 6.45) is 4.49. The van der Waals surface area contributed by atoms with Crippen LogP contribution in [0.2, 0.25) is 0 Å². The van der Waals surface area contributed by atoms with E-state index in [1.165, 1.54) is 18.6 Å². The first-order valence-electron chi connectivity index (χ1n) is 7.00. The number of nitrogens with zero attached hydrogens (tertiary/aromatic N) is 1. The van der Waals surface area contributed by atoms with E-state index in [2.05, 4.69) is 22.8 Å². The summed E-state index contributed by atoms with van der Waals surface area (Å²) in [7, 11) is 0. The molecule has 1 aliphatic rings. The summed E-state index contributed by atoms with van der Waals surface area (Å²) in [6, 6.07) is 5.89. The number of rotatable bonds is 4. The zero-order valence-corrected chi connectivity index (χ0v) is 11.7. The Morgan fingerprint density at radius 2 is 2.10 bits per heavy atom. The highest BCUT2D eigenvalue weighted by Gasteiger charge is 2.15. The molecule has 1 aliphatic carbocycles. The van der Waals surface area contributed by atoms with Gasteiger partial charge in [-0.15, -0.1) is 0 Å². The molecule has 1 saturated carbocycles. The molecule has 0 unspecified atom stereocenters. The number of anilines is 1. The van der Waals surface area contributed by atoms with Gasteiger partial charge >= 0.3 is 0 Å². The summed E-state index contributed by atoms with van der Waals surface area (Å²) in [5.41, 5.74) is 4.36. The Morgan fingerprint density at radius 1 is 1.35 bits per heavy atom. The Balaban J connectivity index is 1.77. The molecule has 2 rings (SSSR count). The number of nitrogens with one attached hydrogen (secondary N) is 2. The number of amides is 1. The van der Waals surface area contributed by atoms with Crippen molar-refractivity contribution in [3.63, 3.8) is 0 Å². The minimum atomic E-state index is -0.294. The second-order valence-electron chi connectivity index (χ2n) is 5.15. The maximum Gasteiger partial charge on any atom is 0.259 e. The van der Waals surface area contributed by atoms with E-state index >= 15 is 0 Å². The third-order valence-corrected chi connectivity index (χ3v) is 3.51. The molecule has 5 heteroatoms. The second-order valence-corrected chi connectivity index (χ2v) is 5.15. The minimum Gasteiger partial charge on any atom is -0.376 e. The van der Waals surface area contributed by atoms with Gasteiger partial charge in [-0.25, -0.2) is 9.82 Å². The highest BCUT2D eigenvalue weighted by atomic mass is 19.1. The fourth-order valence-electron chi connectivity index (χ4n) is 2.26. The average molecular weight is 277 g/mol. The summed E-state index contributed by atoms with van der Waals surface area (Å²) < 4.78 is 12.7. The van der Waals surface area contributed by atoms with Crippen LogP contribution in [0.1, 0.15) is 32.6 Å². The van der Waals surface area contributed by atoms with Crippen LogP contribution < -0.4 is 10.7 Å². The van der Waals surface area contributed by atoms with Crippen molar-refractivity contribution in [3.8, 4) is 0 Å². The van der Waals surface area contributed by atoms with Crippen LogP contribution in [0.15, 0.2) is 29.4 Å². The number of hydrazone groups is 1. The smallest absolute Gasteiger partial charge is 0.259 e. The fourth-order valence-corrected chi connectivity index (χ4v) is 2.26. The lowest BCUT2D eigenvalue weighted by Crippen LogP contribution is -2.28. The maximum absolute atomic E-state index is 12.7. The molecule has 108 valence electrons. The largest absolute Gasteiger partial charge is 0.376 e. The quantitative estimate of drug-likeness (QED) is 0.831. The third-order valence-electron chi connectivity index (χ3n) is 3.51. The first-order valence-corrected chi connectivity index (χ1v) is 7.00. The average Bonchev–Trinajstić information content (AvgIpc) is 2.46. The predicted octanol–water partition coefficient (Wildman–Crippen LogP) is 2.92. The molecule has 1 aromatic rings. The first-order chi connectivity index (χ1) is 9.65. The van der Waals surface area contributed by atoms with Gasteiger partial charge in [-0.05, 0) is 49.4 Å². The van der Waals surface area contributed by atoms with Crippen molar-refractivity contribution in [2.45, 2.75) is 32.6 Å². The van der Waals surface area contributed by atoms with Crippen LogP contribution in [-0.4, -0.2) is 18.2 Å². The van der Waals surface area contributed by atoms with Gasteiger partial charge in [0, 0.05) is 11.4 Å². The lowest BCUT2D eigenvalue weighted by molar-refractivity contribution is -0.119. The second kappa shape index (κ2) is 7.03. The zero-order valence-electron chi connectivity index (χ0n) is 11.7. The Bertz CT molecular complexity index is 484. The van der Waals surface area contributed by atoms with Crippen LogP contribution in [0, 0.1) is 11.7 Å². The van der Waals surface area contributed by atoms with Crippen molar-refractivity contribution >= 4 is 17.3 Å². The van der Waals surface area contributed by atoms with E-state index in [9.17, 15) is 9.18 Å². The topological polar surface area (TPSA) is 53.5 Å². The molecule has 4 nitrogen and oxygen atoms in total. The molecule has 1 atom stereocenters. The van der Waals surface area contributed by atoms with Gasteiger partial charge < -0.3 is 5.32 Å². The van der Waals surface area contributed by atoms with E-state index in [4.69, 9.17) is 0 Å². The van der Waals surface area contributed by atoms with E-state index in [1.54, 1.807) is 12.1 Å². The van der Waals surface area contributed by atoms with Crippen molar-refractivity contribution in [1.29, 1.82) is 0 Å². The van der Waals surface area contributed by atoms with Gasteiger partial charge in [0.05, 0.1) is 6.54 Å². The molecule has 0 radical (unpaired) electrons. The zero-order chi connectivity index (χ0) is 14.4. The number of carbonyl (C=O) groups excluding carboxylic acids is 1. The van der Waals surface area contributed by atoms with Crippen LogP contribution >= 0.6 is 0 Å².